The molecule has 1 aliphatic heterocycles. The van der Waals surface area contributed by atoms with E-state index >= 15 is 0 Å². The van der Waals surface area contributed by atoms with Crippen molar-refractivity contribution >= 4 is 11.9 Å². The molecule has 1 heterocycles. The SMILES string of the molecule is C=C(COC1CCCCO1)c1ccc(C=O)cc1. The Labute approximate surface area is 107 Å². The maximum Gasteiger partial charge on any atom is 0.158 e. The molecule has 0 aromatic heterocycles. The van der Waals surface area contributed by atoms with Crippen molar-refractivity contribution < 1.29 is 14.3 Å². The van der Waals surface area contributed by atoms with E-state index in [2.05, 4.69) is 6.58 Å². The zero-order valence-corrected chi connectivity index (χ0v) is 10.4. The van der Waals surface area contributed by atoms with Crippen LogP contribution < -0.4 is 0 Å². The van der Waals surface area contributed by atoms with Crippen LogP contribution in [-0.4, -0.2) is 25.8 Å². The second kappa shape index (κ2) is 6.47. The Balaban J connectivity index is 1.84. The molecular formula is C15H18O3. The number of ether oxygens (including phenoxy) is 2. The van der Waals surface area contributed by atoms with Gasteiger partial charge in [-0.2, -0.15) is 0 Å². The van der Waals surface area contributed by atoms with E-state index in [0.717, 1.165) is 43.3 Å². The smallest absolute Gasteiger partial charge is 0.158 e. The molecule has 1 atom stereocenters. The Morgan fingerprint density at radius 1 is 1.39 bits per heavy atom. The van der Waals surface area contributed by atoms with E-state index in [4.69, 9.17) is 9.47 Å². The fraction of sp³-hybridized carbons (Fsp3) is 0.400. The molecule has 1 aromatic rings. The zero-order valence-electron chi connectivity index (χ0n) is 10.4. The third kappa shape index (κ3) is 3.52. The summed E-state index contributed by atoms with van der Waals surface area (Å²) in [7, 11) is 0. The average molecular weight is 246 g/mol. The molecular weight excluding hydrogens is 228 g/mol. The lowest BCUT2D eigenvalue weighted by atomic mass is 10.1. The van der Waals surface area contributed by atoms with Gasteiger partial charge in [-0.05, 0) is 30.4 Å². The lowest BCUT2D eigenvalue weighted by Gasteiger charge is -2.23. The third-order valence-corrected chi connectivity index (χ3v) is 3.04. The summed E-state index contributed by atoms with van der Waals surface area (Å²) in [6, 6.07) is 7.34. The summed E-state index contributed by atoms with van der Waals surface area (Å²) in [6.45, 7) is 5.24. The molecule has 96 valence electrons. The second-order valence-corrected chi connectivity index (χ2v) is 4.45. The maximum absolute atomic E-state index is 10.6. The Kier molecular flexibility index (Phi) is 4.67. The molecule has 1 aliphatic rings. The van der Waals surface area contributed by atoms with E-state index in [-0.39, 0.29) is 6.29 Å². The van der Waals surface area contributed by atoms with Crippen LogP contribution in [-0.2, 0) is 9.47 Å². The minimum atomic E-state index is -0.0928. The second-order valence-electron chi connectivity index (χ2n) is 4.45. The molecule has 1 unspecified atom stereocenters. The number of hydrogen-bond acceptors (Lipinski definition) is 3. The molecule has 1 fully saturated rings. The Morgan fingerprint density at radius 3 is 2.78 bits per heavy atom. The maximum atomic E-state index is 10.6. The van der Waals surface area contributed by atoms with Gasteiger partial charge in [-0.3, -0.25) is 4.79 Å². The number of hydrogen-bond donors (Lipinski definition) is 0. The van der Waals surface area contributed by atoms with Gasteiger partial charge in [0.05, 0.1) is 6.61 Å². The number of carbonyl (C=O) groups is 1. The van der Waals surface area contributed by atoms with Crippen molar-refractivity contribution in [1.29, 1.82) is 0 Å². The minimum Gasteiger partial charge on any atom is -0.353 e. The first-order chi connectivity index (χ1) is 8.79. The Hall–Kier alpha value is -1.45. The van der Waals surface area contributed by atoms with Crippen LogP contribution in [0, 0.1) is 0 Å². The zero-order chi connectivity index (χ0) is 12.8. The lowest BCUT2D eigenvalue weighted by Crippen LogP contribution is -2.22. The summed E-state index contributed by atoms with van der Waals surface area (Å²) in [4.78, 5) is 10.6. The topological polar surface area (TPSA) is 35.5 Å². The summed E-state index contributed by atoms with van der Waals surface area (Å²) in [6.07, 6.45) is 3.97. The molecule has 1 aromatic carbocycles. The quantitative estimate of drug-likeness (QED) is 0.749. The van der Waals surface area contributed by atoms with Gasteiger partial charge in [-0.25, -0.2) is 0 Å². The van der Waals surface area contributed by atoms with Crippen LogP contribution in [0.5, 0.6) is 0 Å². The number of carbonyl (C=O) groups excluding carboxylic acids is 1. The Morgan fingerprint density at radius 2 is 2.17 bits per heavy atom. The third-order valence-electron chi connectivity index (χ3n) is 3.04. The van der Waals surface area contributed by atoms with E-state index in [0.29, 0.717) is 12.2 Å². The molecule has 1 saturated heterocycles. The van der Waals surface area contributed by atoms with Crippen molar-refractivity contribution in [2.24, 2.45) is 0 Å². The summed E-state index contributed by atoms with van der Waals surface area (Å²) in [5.74, 6) is 0. The van der Waals surface area contributed by atoms with Crippen LogP contribution in [0.3, 0.4) is 0 Å². The monoisotopic (exact) mass is 246 g/mol. The highest BCUT2D eigenvalue weighted by atomic mass is 16.7. The van der Waals surface area contributed by atoms with Crippen molar-refractivity contribution in [2.75, 3.05) is 13.2 Å². The van der Waals surface area contributed by atoms with Crippen LogP contribution in [0.15, 0.2) is 30.8 Å². The average Bonchev–Trinajstić information content (AvgIpc) is 2.46. The van der Waals surface area contributed by atoms with Gasteiger partial charge >= 0.3 is 0 Å². The molecule has 3 heteroatoms. The van der Waals surface area contributed by atoms with Gasteiger partial charge in [0.15, 0.2) is 6.29 Å². The van der Waals surface area contributed by atoms with Crippen molar-refractivity contribution in [3.63, 3.8) is 0 Å². The minimum absolute atomic E-state index is 0.0928. The van der Waals surface area contributed by atoms with Gasteiger partial charge in [0, 0.05) is 12.2 Å². The van der Waals surface area contributed by atoms with Crippen LogP contribution >= 0.6 is 0 Å². The van der Waals surface area contributed by atoms with Gasteiger partial charge in [0.1, 0.15) is 6.29 Å². The standard InChI is InChI=1S/C15H18O3/c1-12(11-18-15-4-2-3-9-17-15)14-7-5-13(10-16)6-8-14/h5-8,10,15H,1-4,9,11H2. The summed E-state index contributed by atoms with van der Waals surface area (Å²) in [5, 5.41) is 0. The molecule has 2 rings (SSSR count). The molecule has 0 bridgehead atoms. The van der Waals surface area contributed by atoms with E-state index in [1.165, 1.54) is 0 Å². The first-order valence-corrected chi connectivity index (χ1v) is 6.26. The highest BCUT2D eigenvalue weighted by Crippen LogP contribution is 2.18. The highest BCUT2D eigenvalue weighted by Gasteiger charge is 2.14. The molecule has 0 aliphatic carbocycles. The van der Waals surface area contributed by atoms with Crippen LogP contribution in [0.4, 0.5) is 0 Å². The molecule has 0 saturated carbocycles. The molecule has 0 radical (unpaired) electrons. The Bertz CT molecular complexity index is 402. The fourth-order valence-electron chi connectivity index (χ4n) is 1.92. The molecule has 0 amide bonds. The summed E-state index contributed by atoms with van der Waals surface area (Å²) < 4.78 is 11.2. The van der Waals surface area contributed by atoms with E-state index in [1.807, 2.05) is 12.1 Å². The predicted molar refractivity (Wildman–Crippen MR) is 70.4 cm³/mol. The molecule has 3 nitrogen and oxygen atoms in total. The van der Waals surface area contributed by atoms with Crippen molar-refractivity contribution in [3.05, 3.63) is 42.0 Å². The predicted octanol–water partition coefficient (Wildman–Crippen LogP) is 3.06. The van der Waals surface area contributed by atoms with Gasteiger partial charge in [-0.1, -0.05) is 30.8 Å². The molecule has 18 heavy (non-hydrogen) atoms. The van der Waals surface area contributed by atoms with Gasteiger partial charge in [0.2, 0.25) is 0 Å². The van der Waals surface area contributed by atoms with Crippen LogP contribution in [0.25, 0.3) is 5.57 Å². The van der Waals surface area contributed by atoms with Crippen molar-refractivity contribution in [2.45, 2.75) is 25.6 Å². The largest absolute Gasteiger partial charge is 0.353 e. The van der Waals surface area contributed by atoms with Gasteiger partial charge in [-0.15, -0.1) is 0 Å². The fourth-order valence-corrected chi connectivity index (χ4v) is 1.92. The number of rotatable bonds is 5. The van der Waals surface area contributed by atoms with E-state index in [9.17, 15) is 4.79 Å². The highest BCUT2D eigenvalue weighted by molar-refractivity contribution is 5.76. The van der Waals surface area contributed by atoms with Crippen LogP contribution in [0.2, 0.25) is 0 Å². The number of benzene rings is 1. The number of aldehydes is 1. The summed E-state index contributed by atoms with van der Waals surface area (Å²) >= 11 is 0. The van der Waals surface area contributed by atoms with Crippen LogP contribution in [0.1, 0.15) is 35.2 Å². The van der Waals surface area contributed by atoms with Crippen molar-refractivity contribution in [3.8, 4) is 0 Å². The molecule has 0 N–H and O–H groups in total. The van der Waals surface area contributed by atoms with Gasteiger partial charge in [0.25, 0.3) is 0 Å². The normalized spacial score (nSPS) is 19.4. The first kappa shape index (κ1) is 13.0. The van der Waals surface area contributed by atoms with E-state index < -0.39 is 0 Å². The first-order valence-electron chi connectivity index (χ1n) is 6.26. The van der Waals surface area contributed by atoms with E-state index in [1.54, 1.807) is 12.1 Å². The van der Waals surface area contributed by atoms with Gasteiger partial charge < -0.3 is 9.47 Å². The lowest BCUT2D eigenvalue weighted by molar-refractivity contribution is -0.154. The van der Waals surface area contributed by atoms with Crippen molar-refractivity contribution in [1.82, 2.24) is 0 Å². The molecule has 0 spiro atoms. The summed E-state index contributed by atoms with van der Waals surface area (Å²) in [5.41, 5.74) is 2.57.